The molecule has 0 aliphatic carbocycles. The smallest absolute Gasteiger partial charge is 0.417 e. The van der Waals surface area contributed by atoms with Crippen LogP contribution in [0.4, 0.5) is 18.9 Å². The lowest BCUT2D eigenvalue weighted by Crippen LogP contribution is -2.14. The zero-order chi connectivity index (χ0) is 21.3. The summed E-state index contributed by atoms with van der Waals surface area (Å²) in [6, 6.07) is 10.7. The molecule has 0 unspecified atom stereocenters. The van der Waals surface area contributed by atoms with Gasteiger partial charge < -0.3 is 15.0 Å². The molecule has 0 saturated carbocycles. The maximum absolute atomic E-state index is 13.3. The van der Waals surface area contributed by atoms with Gasteiger partial charge in [-0.3, -0.25) is 4.79 Å². The number of nitrogens with zero attached hydrogens (tertiary/aromatic N) is 3. The van der Waals surface area contributed by atoms with E-state index in [4.69, 9.17) is 4.74 Å². The van der Waals surface area contributed by atoms with E-state index >= 15 is 0 Å². The summed E-state index contributed by atoms with van der Waals surface area (Å²) in [5, 5.41) is 10.6. The summed E-state index contributed by atoms with van der Waals surface area (Å²) in [6.45, 7) is 0. The number of anilines is 1. The average molecular weight is 433 g/mol. The molecule has 0 aliphatic heterocycles. The minimum absolute atomic E-state index is 0.00719. The summed E-state index contributed by atoms with van der Waals surface area (Å²) in [4.78, 5) is 19.2. The molecule has 2 N–H and O–H groups in total. The molecular formula is C19H14F3N5O2S. The summed E-state index contributed by atoms with van der Waals surface area (Å²) >= 11 is 1.03. The van der Waals surface area contributed by atoms with Crippen molar-refractivity contribution in [3.8, 4) is 5.75 Å². The molecule has 4 aromatic rings. The summed E-state index contributed by atoms with van der Waals surface area (Å²) in [5.74, 6) is 0.389. The summed E-state index contributed by atoms with van der Waals surface area (Å²) in [5.41, 5.74) is 0.272. The lowest BCUT2D eigenvalue weighted by molar-refractivity contribution is -0.136. The number of halogens is 3. The number of benzene rings is 2. The molecule has 154 valence electrons. The standard InChI is InChI=1S/C19H14F3N5O2S/c1-29-11-7-5-10(6-8-11)23-14(28)9-30-18-25-17-16(26-27-18)15-12(19(20,21)22)3-2-4-13(15)24-17/h2-8H,9H2,1H3,(H,23,28)(H,24,25,27). The van der Waals surface area contributed by atoms with E-state index in [1.807, 2.05) is 0 Å². The predicted octanol–water partition coefficient (Wildman–Crippen LogP) is 4.26. The number of methoxy groups -OCH3 is 1. The Morgan fingerprint density at radius 3 is 2.63 bits per heavy atom. The second-order valence-corrected chi connectivity index (χ2v) is 7.15. The van der Waals surface area contributed by atoms with Crippen molar-refractivity contribution in [3.63, 3.8) is 0 Å². The van der Waals surface area contributed by atoms with E-state index in [1.54, 1.807) is 31.4 Å². The lowest BCUT2D eigenvalue weighted by Gasteiger charge is -2.07. The number of rotatable bonds is 5. The number of hydrogen-bond donors (Lipinski definition) is 2. The number of aromatic amines is 1. The van der Waals surface area contributed by atoms with Crippen LogP contribution in [0.5, 0.6) is 5.75 Å². The van der Waals surface area contributed by atoms with Crippen LogP contribution in [0.3, 0.4) is 0 Å². The number of aromatic nitrogens is 4. The van der Waals surface area contributed by atoms with Gasteiger partial charge in [-0.25, -0.2) is 4.98 Å². The minimum atomic E-state index is -4.52. The molecule has 2 aromatic heterocycles. The minimum Gasteiger partial charge on any atom is -0.497 e. The Morgan fingerprint density at radius 2 is 1.93 bits per heavy atom. The second-order valence-electron chi connectivity index (χ2n) is 6.21. The summed E-state index contributed by atoms with van der Waals surface area (Å²) in [6.07, 6.45) is -4.52. The number of carbonyl (C=O) groups is 1. The number of amides is 1. The zero-order valence-corrected chi connectivity index (χ0v) is 16.3. The van der Waals surface area contributed by atoms with E-state index in [9.17, 15) is 18.0 Å². The molecule has 2 heterocycles. The highest BCUT2D eigenvalue weighted by Crippen LogP contribution is 2.37. The van der Waals surface area contributed by atoms with Crippen LogP contribution >= 0.6 is 11.8 Å². The molecule has 4 rings (SSSR count). The van der Waals surface area contributed by atoms with Crippen molar-refractivity contribution < 1.29 is 22.7 Å². The van der Waals surface area contributed by atoms with Crippen LogP contribution in [0.25, 0.3) is 22.1 Å². The maximum atomic E-state index is 13.3. The van der Waals surface area contributed by atoms with Gasteiger partial charge in [-0.2, -0.15) is 13.2 Å². The number of hydrogen-bond acceptors (Lipinski definition) is 6. The van der Waals surface area contributed by atoms with E-state index in [-0.39, 0.29) is 38.9 Å². The molecule has 1 amide bonds. The fourth-order valence-corrected chi connectivity index (χ4v) is 3.49. The van der Waals surface area contributed by atoms with Crippen LogP contribution in [-0.2, 0) is 11.0 Å². The first kappa shape index (κ1) is 20.0. The van der Waals surface area contributed by atoms with Gasteiger partial charge in [0.1, 0.15) is 11.3 Å². The van der Waals surface area contributed by atoms with Crippen LogP contribution < -0.4 is 10.1 Å². The van der Waals surface area contributed by atoms with Crippen molar-refractivity contribution in [3.05, 3.63) is 48.0 Å². The number of ether oxygens (including phenoxy) is 1. The third kappa shape index (κ3) is 4.01. The van der Waals surface area contributed by atoms with E-state index in [0.717, 1.165) is 17.8 Å². The number of carbonyl (C=O) groups excluding carboxylic acids is 1. The van der Waals surface area contributed by atoms with Gasteiger partial charge in [-0.15, -0.1) is 10.2 Å². The highest BCUT2D eigenvalue weighted by Gasteiger charge is 2.34. The Hall–Kier alpha value is -3.34. The number of alkyl halides is 3. The van der Waals surface area contributed by atoms with E-state index in [0.29, 0.717) is 11.4 Å². The molecule has 7 nitrogen and oxygen atoms in total. The van der Waals surface area contributed by atoms with E-state index < -0.39 is 11.7 Å². The quantitative estimate of drug-likeness (QED) is 0.457. The molecule has 11 heteroatoms. The molecular weight excluding hydrogens is 419 g/mol. The molecule has 2 aromatic carbocycles. The number of fused-ring (bicyclic) bond motifs is 3. The van der Waals surface area contributed by atoms with Crippen LogP contribution in [0.2, 0.25) is 0 Å². The Kier molecular flexibility index (Phi) is 5.20. The maximum Gasteiger partial charge on any atom is 0.417 e. The van der Waals surface area contributed by atoms with Crippen LogP contribution in [0, 0.1) is 0 Å². The molecule has 30 heavy (non-hydrogen) atoms. The first-order valence-corrected chi connectivity index (χ1v) is 9.63. The molecule has 0 saturated heterocycles. The normalized spacial score (nSPS) is 11.7. The average Bonchev–Trinajstić information content (AvgIpc) is 3.10. The van der Waals surface area contributed by atoms with Gasteiger partial charge in [0.25, 0.3) is 0 Å². The number of nitrogens with one attached hydrogen (secondary N) is 2. The topological polar surface area (TPSA) is 92.8 Å². The van der Waals surface area contributed by atoms with Gasteiger partial charge in [-0.1, -0.05) is 17.8 Å². The van der Waals surface area contributed by atoms with Gasteiger partial charge in [0.05, 0.1) is 18.4 Å². The van der Waals surface area contributed by atoms with Gasteiger partial charge in [0.2, 0.25) is 11.1 Å². The van der Waals surface area contributed by atoms with Crippen molar-refractivity contribution >= 4 is 45.4 Å². The molecule has 0 atom stereocenters. The monoisotopic (exact) mass is 433 g/mol. The fraction of sp³-hybridized carbons (Fsp3) is 0.158. The van der Waals surface area contributed by atoms with Gasteiger partial charge in [0, 0.05) is 16.6 Å². The zero-order valence-electron chi connectivity index (χ0n) is 15.4. The highest BCUT2D eigenvalue weighted by atomic mass is 32.2. The molecule has 0 fully saturated rings. The van der Waals surface area contributed by atoms with Crippen LogP contribution in [0.1, 0.15) is 5.56 Å². The lowest BCUT2D eigenvalue weighted by atomic mass is 10.1. The predicted molar refractivity (Wildman–Crippen MR) is 107 cm³/mol. The molecule has 0 radical (unpaired) electrons. The van der Waals surface area contributed by atoms with Gasteiger partial charge in [0.15, 0.2) is 5.65 Å². The third-order valence-corrected chi connectivity index (χ3v) is 5.07. The van der Waals surface area contributed by atoms with Crippen molar-refractivity contribution in [1.82, 2.24) is 20.2 Å². The highest BCUT2D eigenvalue weighted by molar-refractivity contribution is 7.99. The number of thioether (sulfide) groups is 1. The first-order chi connectivity index (χ1) is 14.3. The van der Waals surface area contributed by atoms with Crippen LogP contribution in [-0.4, -0.2) is 38.9 Å². The fourth-order valence-electron chi connectivity index (χ4n) is 2.90. The largest absolute Gasteiger partial charge is 0.497 e. The Balaban J connectivity index is 1.51. The molecule has 0 aliphatic rings. The summed E-state index contributed by atoms with van der Waals surface area (Å²) in [7, 11) is 1.55. The molecule has 0 bridgehead atoms. The Labute approximate surface area is 172 Å². The van der Waals surface area contributed by atoms with Crippen molar-refractivity contribution in [2.45, 2.75) is 11.3 Å². The number of H-pyrrole nitrogens is 1. The Morgan fingerprint density at radius 1 is 1.17 bits per heavy atom. The SMILES string of the molecule is COc1ccc(NC(=O)CSc2nnc3c(n2)[nH]c2cccc(C(F)(F)F)c23)cc1. The van der Waals surface area contributed by atoms with Crippen molar-refractivity contribution in [1.29, 1.82) is 0 Å². The Bertz CT molecular complexity index is 1220. The third-order valence-electron chi connectivity index (χ3n) is 4.23. The first-order valence-electron chi connectivity index (χ1n) is 8.64. The summed E-state index contributed by atoms with van der Waals surface area (Å²) < 4.78 is 44.9. The molecule has 0 spiro atoms. The van der Waals surface area contributed by atoms with Crippen LogP contribution in [0.15, 0.2) is 47.6 Å². The van der Waals surface area contributed by atoms with Gasteiger partial charge >= 0.3 is 6.18 Å². The van der Waals surface area contributed by atoms with Gasteiger partial charge in [-0.05, 0) is 36.4 Å². The van der Waals surface area contributed by atoms with E-state index in [2.05, 4.69) is 25.5 Å². The van der Waals surface area contributed by atoms with E-state index in [1.165, 1.54) is 12.1 Å². The second kappa shape index (κ2) is 7.82. The van der Waals surface area contributed by atoms with Crippen molar-refractivity contribution in [2.24, 2.45) is 0 Å². The van der Waals surface area contributed by atoms with Crippen molar-refractivity contribution in [2.75, 3.05) is 18.2 Å².